The van der Waals surface area contributed by atoms with Crippen LogP contribution in [0.15, 0.2) is 53.7 Å². The second-order valence-corrected chi connectivity index (χ2v) is 6.51. The second-order valence-electron chi connectivity index (χ2n) is 5.51. The topological polar surface area (TPSA) is 70.7 Å². The van der Waals surface area contributed by atoms with E-state index in [2.05, 4.69) is 20.7 Å². The van der Waals surface area contributed by atoms with Crippen molar-refractivity contribution in [2.24, 2.45) is 0 Å². The first-order valence-corrected chi connectivity index (χ1v) is 8.57. The van der Waals surface area contributed by atoms with Gasteiger partial charge in [0.1, 0.15) is 5.03 Å². The standard InChI is InChI=1S/C18H18N4OS/c1-12-4-3-5-13(2)17(12)20-18(23)15-8-6-14(7-9-15)11-24-16-10-19-22-21-16/h3-10H,11H2,1-2H3,(H,20,23)(H,19,21,22). The number of aromatic nitrogens is 3. The summed E-state index contributed by atoms with van der Waals surface area (Å²) in [5, 5.41) is 14.2. The molecule has 0 spiro atoms. The molecule has 5 nitrogen and oxygen atoms in total. The number of para-hydroxylation sites is 1. The average Bonchev–Trinajstić information content (AvgIpc) is 3.10. The Bertz CT molecular complexity index is 808. The van der Waals surface area contributed by atoms with E-state index in [1.54, 1.807) is 18.0 Å². The molecule has 2 aromatic carbocycles. The Morgan fingerprint density at radius 1 is 1.12 bits per heavy atom. The molecule has 1 amide bonds. The van der Waals surface area contributed by atoms with Gasteiger partial charge in [-0.2, -0.15) is 10.3 Å². The van der Waals surface area contributed by atoms with Crippen molar-refractivity contribution in [3.8, 4) is 0 Å². The fourth-order valence-corrected chi connectivity index (χ4v) is 3.11. The van der Waals surface area contributed by atoms with Crippen LogP contribution in [-0.2, 0) is 5.75 Å². The van der Waals surface area contributed by atoms with Gasteiger partial charge in [-0.1, -0.05) is 42.1 Å². The molecule has 0 aliphatic carbocycles. The molecule has 0 saturated carbocycles. The maximum atomic E-state index is 12.4. The predicted octanol–water partition coefficient (Wildman–Crippen LogP) is 3.97. The monoisotopic (exact) mass is 338 g/mol. The Hall–Kier alpha value is -2.60. The van der Waals surface area contributed by atoms with Gasteiger partial charge in [-0.05, 0) is 42.7 Å². The third-order valence-electron chi connectivity index (χ3n) is 3.72. The largest absolute Gasteiger partial charge is 0.322 e. The lowest BCUT2D eigenvalue weighted by Gasteiger charge is -2.11. The van der Waals surface area contributed by atoms with Crippen LogP contribution in [0, 0.1) is 13.8 Å². The maximum absolute atomic E-state index is 12.4. The molecule has 1 heterocycles. The third kappa shape index (κ3) is 3.83. The Labute approximate surface area is 144 Å². The summed E-state index contributed by atoms with van der Waals surface area (Å²) in [4.78, 5) is 12.4. The van der Waals surface area contributed by atoms with Gasteiger partial charge in [-0.15, -0.1) is 5.10 Å². The molecule has 0 aliphatic rings. The minimum atomic E-state index is -0.0943. The molecule has 0 fully saturated rings. The summed E-state index contributed by atoms with van der Waals surface area (Å²) >= 11 is 1.60. The number of carbonyl (C=O) groups is 1. The molecule has 0 atom stereocenters. The molecule has 122 valence electrons. The highest BCUT2D eigenvalue weighted by molar-refractivity contribution is 7.98. The number of thioether (sulfide) groups is 1. The third-order valence-corrected chi connectivity index (χ3v) is 4.69. The molecule has 0 saturated heterocycles. The second kappa shape index (κ2) is 7.31. The molecule has 0 bridgehead atoms. The zero-order valence-electron chi connectivity index (χ0n) is 13.5. The minimum absolute atomic E-state index is 0.0943. The van der Waals surface area contributed by atoms with Crippen molar-refractivity contribution in [1.29, 1.82) is 0 Å². The number of benzene rings is 2. The normalized spacial score (nSPS) is 10.6. The number of hydrogen-bond acceptors (Lipinski definition) is 4. The quantitative estimate of drug-likeness (QED) is 0.691. The molecule has 0 aliphatic heterocycles. The number of nitrogens with one attached hydrogen (secondary N) is 2. The predicted molar refractivity (Wildman–Crippen MR) is 96.3 cm³/mol. The highest BCUT2D eigenvalue weighted by Gasteiger charge is 2.09. The molecule has 3 aromatic rings. The number of rotatable bonds is 5. The van der Waals surface area contributed by atoms with E-state index >= 15 is 0 Å². The van der Waals surface area contributed by atoms with Gasteiger partial charge in [0.2, 0.25) is 0 Å². The van der Waals surface area contributed by atoms with E-state index in [1.807, 2.05) is 56.3 Å². The molecule has 2 N–H and O–H groups in total. The van der Waals surface area contributed by atoms with Gasteiger partial charge >= 0.3 is 0 Å². The van der Waals surface area contributed by atoms with Gasteiger partial charge in [0, 0.05) is 17.0 Å². The first-order valence-electron chi connectivity index (χ1n) is 7.58. The van der Waals surface area contributed by atoms with Gasteiger partial charge in [-0.3, -0.25) is 4.79 Å². The van der Waals surface area contributed by atoms with E-state index in [1.165, 1.54) is 0 Å². The fraction of sp³-hybridized carbons (Fsp3) is 0.167. The highest BCUT2D eigenvalue weighted by Crippen LogP contribution is 2.22. The van der Waals surface area contributed by atoms with Crippen LogP contribution in [0.4, 0.5) is 5.69 Å². The van der Waals surface area contributed by atoms with Crippen molar-refractivity contribution < 1.29 is 4.79 Å². The summed E-state index contributed by atoms with van der Waals surface area (Å²) in [5.41, 5.74) is 4.78. The Kier molecular flexibility index (Phi) is 4.96. The summed E-state index contributed by atoms with van der Waals surface area (Å²) in [6, 6.07) is 13.6. The van der Waals surface area contributed by atoms with Crippen LogP contribution in [0.1, 0.15) is 27.0 Å². The Morgan fingerprint density at radius 2 is 1.83 bits per heavy atom. The number of amides is 1. The number of hydrogen-bond donors (Lipinski definition) is 2. The molecular formula is C18H18N4OS. The summed E-state index contributed by atoms with van der Waals surface area (Å²) in [6.45, 7) is 3.99. The van der Waals surface area contributed by atoms with Crippen LogP contribution >= 0.6 is 11.8 Å². The number of anilines is 1. The van der Waals surface area contributed by atoms with E-state index in [0.29, 0.717) is 5.56 Å². The van der Waals surface area contributed by atoms with Crippen LogP contribution in [0.2, 0.25) is 0 Å². The minimum Gasteiger partial charge on any atom is -0.322 e. The van der Waals surface area contributed by atoms with Gasteiger partial charge in [0.15, 0.2) is 0 Å². The van der Waals surface area contributed by atoms with Crippen molar-refractivity contribution in [1.82, 2.24) is 15.4 Å². The van der Waals surface area contributed by atoms with Crippen molar-refractivity contribution in [3.05, 3.63) is 70.9 Å². The number of carbonyl (C=O) groups excluding carboxylic acids is 1. The molecule has 0 radical (unpaired) electrons. The lowest BCUT2D eigenvalue weighted by Crippen LogP contribution is -2.13. The Balaban J connectivity index is 1.65. The van der Waals surface area contributed by atoms with Gasteiger partial charge in [-0.25, -0.2) is 0 Å². The van der Waals surface area contributed by atoms with Crippen molar-refractivity contribution in [2.75, 3.05) is 5.32 Å². The van der Waals surface area contributed by atoms with E-state index in [4.69, 9.17) is 0 Å². The fourth-order valence-electron chi connectivity index (χ4n) is 2.37. The van der Waals surface area contributed by atoms with Crippen LogP contribution in [0.3, 0.4) is 0 Å². The lowest BCUT2D eigenvalue weighted by molar-refractivity contribution is 0.102. The van der Waals surface area contributed by atoms with Crippen LogP contribution in [-0.4, -0.2) is 21.3 Å². The Morgan fingerprint density at radius 3 is 2.46 bits per heavy atom. The molecular weight excluding hydrogens is 320 g/mol. The van der Waals surface area contributed by atoms with Crippen molar-refractivity contribution in [3.63, 3.8) is 0 Å². The molecule has 0 unspecified atom stereocenters. The van der Waals surface area contributed by atoms with Crippen LogP contribution in [0.25, 0.3) is 0 Å². The van der Waals surface area contributed by atoms with E-state index < -0.39 is 0 Å². The van der Waals surface area contributed by atoms with Gasteiger partial charge in [0.05, 0.1) is 6.20 Å². The molecule has 6 heteroatoms. The zero-order chi connectivity index (χ0) is 16.9. The maximum Gasteiger partial charge on any atom is 0.255 e. The van der Waals surface area contributed by atoms with E-state index in [0.717, 1.165) is 33.2 Å². The summed E-state index contributed by atoms with van der Waals surface area (Å²) < 4.78 is 0. The van der Waals surface area contributed by atoms with Crippen LogP contribution in [0.5, 0.6) is 0 Å². The smallest absolute Gasteiger partial charge is 0.255 e. The number of H-pyrrole nitrogens is 1. The summed E-state index contributed by atoms with van der Waals surface area (Å²) in [7, 11) is 0. The molecule has 1 aromatic heterocycles. The van der Waals surface area contributed by atoms with E-state index in [-0.39, 0.29) is 5.91 Å². The lowest BCUT2D eigenvalue weighted by atomic mass is 10.1. The molecule has 3 rings (SSSR count). The molecule has 24 heavy (non-hydrogen) atoms. The van der Waals surface area contributed by atoms with E-state index in [9.17, 15) is 4.79 Å². The van der Waals surface area contributed by atoms with Gasteiger partial charge < -0.3 is 5.32 Å². The van der Waals surface area contributed by atoms with Crippen molar-refractivity contribution >= 4 is 23.4 Å². The summed E-state index contributed by atoms with van der Waals surface area (Å²) in [6.07, 6.45) is 1.69. The zero-order valence-corrected chi connectivity index (χ0v) is 14.4. The number of nitrogens with zero attached hydrogens (tertiary/aromatic N) is 2. The highest BCUT2D eigenvalue weighted by atomic mass is 32.2. The SMILES string of the molecule is Cc1cccc(C)c1NC(=O)c1ccc(CSc2cn[nH]n2)cc1. The van der Waals surface area contributed by atoms with Crippen molar-refractivity contribution in [2.45, 2.75) is 24.6 Å². The van der Waals surface area contributed by atoms with Crippen LogP contribution < -0.4 is 5.32 Å². The summed E-state index contributed by atoms with van der Waals surface area (Å²) in [5.74, 6) is 0.689. The number of aromatic amines is 1. The number of aryl methyl sites for hydroxylation is 2. The average molecular weight is 338 g/mol. The first kappa shape index (κ1) is 16.3. The van der Waals surface area contributed by atoms with Gasteiger partial charge in [0.25, 0.3) is 5.91 Å². The first-order chi connectivity index (χ1) is 11.6.